The lowest BCUT2D eigenvalue weighted by Crippen LogP contribution is -2.52. The van der Waals surface area contributed by atoms with E-state index in [0.29, 0.717) is 13.1 Å². The maximum atomic E-state index is 14.0. The van der Waals surface area contributed by atoms with Crippen LogP contribution in [0.4, 0.5) is 0 Å². The lowest BCUT2D eigenvalue weighted by Gasteiger charge is -2.41. The fourth-order valence-corrected chi connectivity index (χ4v) is 5.14. The standard InChI is InChI=1S/C29H30N2O3/c1-28(23-11-5-3-6-12-23,24-13-7-4-8-14-24)27(32)31-18-16-29(17-19-31)21-26(30-34-29)22-10-9-15-25(20-22)33-2/h3-15,20H,16-19,21H2,1-2H3. The SMILES string of the molecule is COc1cccc(C2=NOC3(CCN(C(=O)C(C)(c4ccccc4)c4ccccc4)CC3)C2)c1. The summed E-state index contributed by atoms with van der Waals surface area (Å²) >= 11 is 0. The molecule has 0 N–H and O–H groups in total. The third-order valence-electron chi connectivity index (χ3n) is 7.33. The Hall–Kier alpha value is -3.60. The minimum atomic E-state index is -0.744. The average Bonchev–Trinajstić information content (AvgIpc) is 3.32. The maximum absolute atomic E-state index is 14.0. The third kappa shape index (κ3) is 3.96. The Morgan fingerprint density at radius 1 is 0.941 bits per heavy atom. The van der Waals surface area contributed by atoms with Crippen molar-refractivity contribution in [1.29, 1.82) is 0 Å². The van der Waals surface area contributed by atoms with Gasteiger partial charge in [0.1, 0.15) is 11.4 Å². The lowest BCUT2D eigenvalue weighted by molar-refractivity contribution is -0.141. The zero-order valence-electron chi connectivity index (χ0n) is 19.7. The van der Waals surface area contributed by atoms with Gasteiger partial charge >= 0.3 is 0 Å². The van der Waals surface area contributed by atoms with E-state index < -0.39 is 5.41 Å². The van der Waals surface area contributed by atoms with Crippen molar-refractivity contribution in [2.45, 2.75) is 37.2 Å². The van der Waals surface area contributed by atoms with Crippen molar-refractivity contribution in [1.82, 2.24) is 4.90 Å². The molecular weight excluding hydrogens is 424 g/mol. The zero-order chi connectivity index (χ0) is 23.6. The van der Waals surface area contributed by atoms with Gasteiger partial charge in [0, 0.05) is 37.9 Å². The second-order valence-electron chi connectivity index (χ2n) is 9.37. The highest BCUT2D eigenvalue weighted by molar-refractivity contribution is 6.02. The molecule has 3 aromatic rings. The van der Waals surface area contributed by atoms with Crippen LogP contribution in [-0.2, 0) is 15.0 Å². The van der Waals surface area contributed by atoms with E-state index in [0.717, 1.165) is 47.4 Å². The Kier molecular flexibility index (Phi) is 5.86. The normalized spacial score (nSPS) is 17.2. The molecule has 1 spiro atoms. The van der Waals surface area contributed by atoms with Gasteiger partial charge in [0.05, 0.1) is 18.2 Å². The first kappa shape index (κ1) is 22.2. The molecule has 2 heterocycles. The van der Waals surface area contributed by atoms with E-state index in [4.69, 9.17) is 9.57 Å². The van der Waals surface area contributed by atoms with E-state index in [2.05, 4.69) is 5.16 Å². The molecular formula is C29H30N2O3. The maximum Gasteiger partial charge on any atom is 0.237 e. The van der Waals surface area contributed by atoms with Crippen molar-refractivity contribution in [2.24, 2.45) is 5.16 Å². The van der Waals surface area contributed by atoms with Gasteiger partial charge in [0.15, 0.2) is 0 Å². The van der Waals surface area contributed by atoms with Crippen molar-refractivity contribution < 1.29 is 14.4 Å². The molecule has 3 aromatic carbocycles. The van der Waals surface area contributed by atoms with E-state index in [1.54, 1.807) is 7.11 Å². The van der Waals surface area contributed by atoms with E-state index >= 15 is 0 Å². The Labute approximate surface area is 201 Å². The van der Waals surface area contributed by atoms with Crippen LogP contribution in [0.3, 0.4) is 0 Å². The van der Waals surface area contributed by atoms with Gasteiger partial charge in [-0.25, -0.2) is 0 Å². The van der Waals surface area contributed by atoms with Crippen LogP contribution in [-0.4, -0.2) is 42.3 Å². The monoisotopic (exact) mass is 454 g/mol. The molecule has 1 saturated heterocycles. The quantitative estimate of drug-likeness (QED) is 0.533. The van der Waals surface area contributed by atoms with E-state index in [-0.39, 0.29) is 11.5 Å². The van der Waals surface area contributed by atoms with Gasteiger partial charge in [-0.3, -0.25) is 4.79 Å². The fourth-order valence-electron chi connectivity index (χ4n) is 5.14. The molecule has 0 atom stereocenters. The van der Waals surface area contributed by atoms with Crippen molar-refractivity contribution in [2.75, 3.05) is 20.2 Å². The first-order valence-corrected chi connectivity index (χ1v) is 11.8. The van der Waals surface area contributed by atoms with Crippen molar-refractivity contribution >= 4 is 11.6 Å². The van der Waals surface area contributed by atoms with Gasteiger partial charge in [-0.05, 0) is 30.2 Å². The molecule has 5 nitrogen and oxygen atoms in total. The Morgan fingerprint density at radius 2 is 1.56 bits per heavy atom. The topological polar surface area (TPSA) is 51.1 Å². The van der Waals surface area contributed by atoms with Crippen LogP contribution in [0, 0.1) is 0 Å². The first-order valence-electron chi connectivity index (χ1n) is 11.8. The van der Waals surface area contributed by atoms with Crippen LogP contribution >= 0.6 is 0 Å². The summed E-state index contributed by atoms with van der Waals surface area (Å²) in [6, 6.07) is 28.1. The minimum absolute atomic E-state index is 0.131. The number of hydrogen-bond acceptors (Lipinski definition) is 4. The van der Waals surface area contributed by atoms with Crippen LogP contribution < -0.4 is 4.74 Å². The smallest absolute Gasteiger partial charge is 0.237 e. The molecule has 0 unspecified atom stereocenters. The molecule has 0 saturated carbocycles. The second-order valence-corrected chi connectivity index (χ2v) is 9.37. The molecule has 1 amide bonds. The zero-order valence-corrected chi connectivity index (χ0v) is 19.7. The van der Waals surface area contributed by atoms with Crippen molar-refractivity contribution in [3.63, 3.8) is 0 Å². The van der Waals surface area contributed by atoms with E-state index in [9.17, 15) is 4.79 Å². The summed E-state index contributed by atoms with van der Waals surface area (Å²) in [6.45, 7) is 3.34. The number of carbonyl (C=O) groups excluding carboxylic acids is 1. The summed E-state index contributed by atoms with van der Waals surface area (Å²) in [5, 5.41) is 4.43. The summed E-state index contributed by atoms with van der Waals surface area (Å²) < 4.78 is 5.36. The molecule has 0 bridgehead atoms. The number of benzene rings is 3. The van der Waals surface area contributed by atoms with Gasteiger partial charge in [-0.15, -0.1) is 0 Å². The van der Waals surface area contributed by atoms with Crippen molar-refractivity contribution in [3.05, 3.63) is 102 Å². The molecule has 5 rings (SSSR count). The third-order valence-corrected chi connectivity index (χ3v) is 7.33. The molecule has 0 radical (unpaired) electrons. The number of ether oxygens (including phenoxy) is 1. The largest absolute Gasteiger partial charge is 0.497 e. The van der Waals surface area contributed by atoms with Gasteiger partial charge < -0.3 is 14.5 Å². The number of rotatable bonds is 5. The Balaban J connectivity index is 1.33. The predicted molar refractivity (Wildman–Crippen MR) is 133 cm³/mol. The number of nitrogens with zero attached hydrogens (tertiary/aromatic N) is 2. The van der Waals surface area contributed by atoms with Gasteiger partial charge in [0.25, 0.3) is 0 Å². The Bertz CT molecular complexity index is 1140. The highest BCUT2D eigenvalue weighted by Gasteiger charge is 2.46. The molecule has 0 aromatic heterocycles. The molecule has 5 heteroatoms. The molecule has 1 fully saturated rings. The van der Waals surface area contributed by atoms with E-state index in [1.807, 2.05) is 96.8 Å². The number of piperidine rings is 1. The molecule has 174 valence electrons. The van der Waals surface area contributed by atoms with Crippen LogP contribution in [0.2, 0.25) is 0 Å². The van der Waals surface area contributed by atoms with Gasteiger partial charge in [-0.1, -0.05) is 78.0 Å². The first-order chi connectivity index (χ1) is 16.5. The summed E-state index contributed by atoms with van der Waals surface area (Å²) in [5.74, 6) is 0.939. The Morgan fingerprint density at radius 3 is 2.15 bits per heavy atom. The summed E-state index contributed by atoms with van der Waals surface area (Å²) in [4.78, 5) is 22.0. The lowest BCUT2D eigenvalue weighted by atomic mass is 9.74. The second kappa shape index (κ2) is 8.98. The van der Waals surface area contributed by atoms with Crippen LogP contribution in [0.25, 0.3) is 0 Å². The molecule has 0 aliphatic carbocycles. The predicted octanol–water partition coefficient (Wildman–Crippen LogP) is 5.19. The minimum Gasteiger partial charge on any atom is -0.497 e. The average molecular weight is 455 g/mol. The number of carbonyl (C=O) groups is 1. The van der Waals surface area contributed by atoms with Crippen LogP contribution in [0.1, 0.15) is 42.9 Å². The highest BCUT2D eigenvalue weighted by Crippen LogP contribution is 2.39. The van der Waals surface area contributed by atoms with Gasteiger partial charge in [-0.2, -0.15) is 0 Å². The number of oxime groups is 1. The molecule has 2 aliphatic heterocycles. The van der Waals surface area contributed by atoms with Crippen LogP contribution in [0.5, 0.6) is 5.75 Å². The summed E-state index contributed by atoms with van der Waals surface area (Å²) in [6.07, 6.45) is 2.27. The van der Waals surface area contributed by atoms with Crippen LogP contribution in [0.15, 0.2) is 90.1 Å². The number of amides is 1. The number of hydrogen-bond donors (Lipinski definition) is 0. The highest BCUT2D eigenvalue weighted by atomic mass is 16.7. The molecule has 2 aliphatic rings. The number of methoxy groups -OCH3 is 1. The summed E-state index contributed by atoms with van der Waals surface area (Å²) in [7, 11) is 1.67. The fraction of sp³-hybridized carbons (Fsp3) is 0.310. The van der Waals surface area contributed by atoms with Crippen molar-refractivity contribution in [3.8, 4) is 5.75 Å². The van der Waals surface area contributed by atoms with Gasteiger partial charge in [0.2, 0.25) is 5.91 Å². The summed E-state index contributed by atoms with van der Waals surface area (Å²) in [5.41, 5.74) is 2.89. The number of likely N-dealkylation sites (tertiary alicyclic amines) is 1. The molecule has 34 heavy (non-hydrogen) atoms. The van der Waals surface area contributed by atoms with E-state index in [1.165, 1.54) is 0 Å².